The van der Waals surface area contributed by atoms with Gasteiger partial charge in [-0.1, -0.05) is 0 Å². The van der Waals surface area contributed by atoms with Gasteiger partial charge in [0.2, 0.25) is 0 Å². The third-order valence-corrected chi connectivity index (χ3v) is 6.67. The first-order chi connectivity index (χ1) is 16.4. The zero-order chi connectivity index (χ0) is 24.2. The van der Waals surface area contributed by atoms with Crippen molar-refractivity contribution in [1.82, 2.24) is 14.5 Å². The molecule has 1 saturated heterocycles. The topological polar surface area (TPSA) is 106 Å². The van der Waals surface area contributed by atoms with Crippen molar-refractivity contribution in [1.29, 1.82) is 0 Å². The fraction of sp³-hybridized carbons (Fsp3) is 0.417. The molecular formula is C24H28BrN3O6. The van der Waals surface area contributed by atoms with E-state index >= 15 is 0 Å². The minimum Gasteiger partial charge on any atom is -0.493 e. The Bertz CT molecular complexity index is 1200. The third-order valence-electron chi connectivity index (χ3n) is 5.89. The van der Waals surface area contributed by atoms with Crippen LogP contribution in [0, 0.1) is 0 Å². The molecule has 1 fully saturated rings. The molecule has 0 atom stereocenters. The van der Waals surface area contributed by atoms with E-state index in [1.54, 1.807) is 16.7 Å². The Morgan fingerprint density at radius 1 is 1.12 bits per heavy atom. The highest BCUT2D eigenvalue weighted by atomic mass is 79.9. The number of rotatable bonds is 8. The average Bonchev–Trinajstić information content (AvgIpc) is 3.12. The number of ether oxygens (including phenoxy) is 3. The van der Waals surface area contributed by atoms with Gasteiger partial charge in [-0.3, -0.25) is 9.47 Å². The smallest absolute Gasteiger partial charge is 0.493 e. The second kappa shape index (κ2) is 10.5. The summed E-state index contributed by atoms with van der Waals surface area (Å²) in [6.45, 7) is 7.50. The van der Waals surface area contributed by atoms with Crippen LogP contribution < -0.4 is 19.9 Å². The molecule has 2 aromatic carbocycles. The third kappa shape index (κ3) is 5.23. The van der Waals surface area contributed by atoms with Crippen LogP contribution in [0.3, 0.4) is 0 Å². The normalized spacial score (nSPS) is 14.9. The molecule has 4 rings (SSSR count). The highest BCUT2D eigenvalue weighted by Crippen LogP contribution is 2.37. The number of piperidine rings is 1. The second-order valence-electron chi connectivity index (χ2n) is 8.13. The van der Waals surface area contributed by atoms with E-state index in [0.29, 0.717) is 18.7 Å². The van der Waals surface area contributed by atoms with Gasteiger partial charge in [0.1, 0.15) is 21.7 Å². The van der Waals surface area contributed by atoms with Crippen LogP contribution in [0.5, 0.6) is 17.2 Å². The first kappa shape index (κ1) is 24.2. The maximum absolute atomic E-state index is 12.7. The van der Waals surface area contributed by atoms with Crippen molar-refractivity contribution in [2.45, 2.75) is 39.3 Å². The first-order valence-electron chi connectivity index (χ1n) is 11.3. The van der Waals surface area contributed by atoms with Gasteiger partial charge in [-0.15, -0.1) is 0 Å². The molecule has 0 saturated carbocycles. The van der Waals surface area contributed by atoms with Crippen molar-refractivity contribution in [2.75, 3.05) is 26.3 Å². The fourth-order valence-corrected chi connectivity index (χ4v) is 4.93. The van der Waals surface area contributed by atoms with Gasteiger partial charge in [0, 0.05) is 31.7 Å². The Balaban J connectivity index is 1.47. The number of aromatic nitrogens is 2. The van der Waals surface area contributed by atoms with E-state index in [-0.39, 0.29) is 17.5 Å². The molecule has 34 heavy (non-hydrogen) atoms. The number of aromatic amines is 1. The van der Waals surface area contributed by atoms with Crippen LogP contribution in [0.25, 0.3) is 11.0 Å². The molecular weight excluding hydrogens is 506 g/mol. The average molecular weight is 534 g/mol. The van der Waals surface area contributed by atoms with E-state index in [0.717, 1.165) is 59.5 Å². The zero-order valence-electron chi connectivity index (χ0n) is 19.2. The molecule has 0 aliphatic carbocycles. The standard InChI is InChI=1S/C24H28BrN3O6/c1-3-32-20-11-15(12-21(22(20)25)33-4-2)14-27-9-7-16(8-10-27)28-19-6-5-17(34-24(30)31)13-18(19)26-23(28)29/h5-6,11-13,16H,3-4,7-10,14H2,1-2H3,(H,26,29)(H,30,31). The summed E-state index contributed by atoms with van der Waals surface area (Å²) in [5.41, 5.74) is 2.23. The summed E-state index contributed by atoms with van der Waals surface area (Å²) in [5, 5.41) is 8.81. The number of fused-ring (bicyclic) bond motifs is 1. The second-order valence-corrected chi connectivity index (χ2v) is 8.92. The molecule has 2 heterocycles. The molecule has 1 aliphatic rings. The summed E-state index contributed by atoms with van der Waals surface area (Å²) in [6, 6.07) is 8.98. The SMILES string of the molecule is CCOc1cc(CN2CCC(n3c(=O)[nH]c4cc(OC(=O)O)ccc43)CC2)cc(OCC)c1Br. The number of benzene rings is 2. The summed E-state index contributed by atoms with van der Waals surface area (Å²) < 4.78 is 18.9. The summed E-state index contributed by atoms with van der Waals surface area (Å²) in [4.78, 5) is 28.6. The minimum absolute atomic E-state index is 0.0617. The molecule has 9 nitrogen and oxygen atoms in total. The number of carbonyl (C=O) groups is 1. The van der Waals surface area contributed by atoms with E-state index < -0.39 is 6.16 Å². The zero-order valence-corrected chi connectivity index (χ0v) is 20.8. The maximum atomic E-state index is 12.7. The van der Waals surface area contributed by atoms with Gasteiger partial charge < -0.3 is 24.3 Å². The molecule has 0 unspecified atom stereocenters. The summed E-state index contributed by atoms with van der Waals surface area (Å²) >= 11 is 3.58. The Hall–Kier alpha value is -2.98. The molecule has 10 heteroatoms. The van der Waals surface area contributed by atoms with Gasteiger partial charge in [0.15, 0.2) is 0 Å². The van der Waals surface area contributed by atoms with Gasteiger partial charge in [0.25, 0.3) is 0 Å². The Morgan fingerprint density at radius 3 is 2.35 bits per heavy atom. The number of hydrogen-bond donors (Lipinski definition) is 2. The summed E-state index contributed by atoms with van der Waals surface area (Å²) in [5.74, 6) is 1.72. The lowest BCUT2D eigenvalue weighted by Crippen LogP contribution is -2.36. The lowest BCUT2D eigenvalue weighted by molar-refractivity contribution is 0.144. The van der Waals surface area contributed by atoms with Gasteiger partial charge in [-0.05, 0) is 72.4 Å². The van der Waals surface area contributed by atoms with Crippen LogP contribution in [-0.4, -0.2) is 52.0 Å². The van der Waals surface area contributed by atoms with Crippen LogP contribution in [0.1, 0.15) is 38.3 Å². The van der Waals surface area contributed by atoms with Gasteiger partial charge in [0.05, 0.1) is 24.2 Å². The predicted octanol–water partition coefficient (Wildman–Crippen LogP) is 4.78. The molecule has 0 bridgehead atoms. The number of carboxylic acid groups (broad SMARTS) is 1. The van der Waals surface area contributed by atoms with Crippen molar-refractivity contribution >= 4 is 33.1 Å². The van der Waals surface area contributed by atoms with Crippen molar-refractivity contribution < 1.29 is 24.1 Å². The van der Waals surface area contributed by atoms with Gasteiger partial charge >= 0.3 is 11.8 Å². The molecule has 0 radical (unpaired) electrons. The van der Waals surface area contributed by atoms with Gasteiger partial charge in [-0.2, -0.15) is 0 Å². The molecule has 182 valence electrons. The van der Waals surface area contributed by atoms with E-state index in [4.69, 9.17) is 19.3 Å². The van der Waals surface area contributed by atoms with E-state index in [9.17, 15) is 9.59 Å². The predicted molar refractivity (Wildman–Crippen MR) is 131 cm³/mol. The number of likely N-dealkylation sites (tertiary alicyclic amines) is 1. The van der Waals surface area contributed by atoms with E-state index in [1.807, 2.05) is 26.0 Å². The fourth-order valence-electron chi connectivity index (χ4n) is 4.47. The van der Waals surface area contributed by atoms with Gasteiger partial charge in [-0.25, -0.2) is 9.59 Å². The Kier molecular flexibility index (Phi) is 7.47. The van der Waals surface area contributed by atoms with Crippen LogP contribution in [0.4, 0.5) is 4.79 Å². The number of nitrogens with zero attached hydrogens (tertiary/aromatic N) is 2. The summed E-state index contributed by atoms with van der Waals surface area (Å²) in [6.07, 6.45) is 0.266. The quantitative estimate of drug-likeness (QED) is 0.317. The molecule has 1 aromatic heterocycles. The lowest BCUT2D eigenvalue weighted by Gasteiger charge is -2.32. The van der Waals surface area contributed by atoms with Crippen molar-refractivity contribution in [3.63, 3.8) is 0 Å². The first-order valence-corrected chi connectivity index (χ1v) is 12.1. The number of halogens is 1. The lowest BCUT2D eigenvalue weighted by atomic mass is 10.0. The number of imidazole rings is 1. The highest BCUT2D eigenvalue weighted by Gasteiger charge is 2.24. The number of H-pyrrole nitrogens is 1. The van der Waals surface area contributed by atoms with Crippen molar-refractivity contribution in [2.24, 2.45) is 0 Å². The maximum Gasteiger partial charge on any atom is 0.511 e. The van der Waals surface area contributed by atoms with Crippen LogP contribution >= 0.6 is 15.9 Å². The number of nitrogens with one attached hydrogen (secondary N) is 1. The van der Waals surface area contributed by atoms with Crippen LogP contribution in [-0.2, 0) is 6.54 Å². The number of hydrogen-bond acceptors (Lipinski definition) is 6. The summed E-state index contributed by atoms with van der Waals surface area (Å²) in [7, 11) is 0. The largest absolute Gasteiger partial charge is 0.511 e. The molecule has 3 aromatic rings. The van der Waals surface area contributed by atoms with Crippen LogP contribution in [0.15, 0.2) is 39.6 Å². The van der Waals surface area contributed by atoms with E-state index in [2.05, 4.69) is 25.8 Å². The van der Waals surface area contributed by atoms with E-state index in [1.165, 1.54) is 6.07 Å². The molecule has 1 aliphatic heterocycles. The Morgan fingerprint density at radius 2 is 1.76 bits per heavy atom. The molecule has 2 N–H and O–H groups in total. The van der Waals surface area contributed by atoms with Crippen molar-refractivity contribution in [3.8, 4) is 17.2 Å². The van der Waals surface area contributed by atoms with Crippen molar-refractivity contribution in [3.05, 3.63) is 50.9 Å². The minimum atomic E-state index is -1.39. The molecule has 0 amide bonds. The highest BCUT2D eigenvalue weighted by molar-refractivity contribution is 9.10. The monoisotopic (exact) mass is 533 g/mol. The van der Waals surface area contributed by atoms with Crippen LogP contribution in [0.2, 0.25) is 0 Å². The molecule has 0 spiro atoms. The Labute approximate surface area is 205 Å².